The molecule has 0 radical (unpaired) electrons. The molecular formula is C14H19NO2. The summed E-state index contributed by atoms with van der Waals surface area (Å²) in [5, 5.41) is 8.79. The van der Waals surface area contributed by atoms with Gasteiger partial charge in [-0.15, -0.1) is 0 Å². The van der Waals surface area contributed by atoms with E-state index in [9.17, 15) is 0 Å². The minimum absolute atomic E-state index is 0.516. The Kier molecular flexibility index (Phi) is 5.51. The molecule has 17 heavy (non-hydrogen) atoms. The Morgan fingerprint density at radius 1 is 1.29 bits per heavy atom. The molecule has 0 fully saturated rings. The van der Waals surface area contributed by atoms with Gasteiger partial charge in [-0.3, -0.25) is 0 Å². The molecule has 0 aliphatic carbocycles. The van der Waals surface area contributed by atoms with E-state index >= 15 is 0 Å². The lowest BCUT2D eigenvalue weighted by Gasteiger charge is -2.10. The lowest BCUT2D eigenvalue weighted by Crippen LogP contribution is -2.10. The number of hydrogen-bond donors (Lipinski definition) is 0. The van der Waals surface area contributed by atoms with Crippen molar-refractivity contribution in [3.05, 3.63) is 29.3 Å². The molecular weight excluding hydrogens is 214 g/mol. The van der Waals surface area contributed by atoms with Gasteiger partial charge < -0.3 is 9.47 Å². The predicted octanol–water partition coefficient (Wildman–Crippen LogP) is 2.92. The van der Waals surface area contributed by atoms with Crippen molar-refractivity contribution in [2.75, 3.05) is 19.8 Å². The Balaban J connectivity index is 2.39. The Morgan fingerprint density at radius 2 is 2.06 bits per heavy atom. The van der Waals surface area contributed by atoms with Gasteiger partial charge >= 0.3 is 0 Å². The van der Waals surface area contributed by atoms with Gasteiger partial charge in [-0.05, 0) is 30.5 Å². The largest absolute Gasteiger partial charge is 0.491 e. The standard InChI is InChI=1S/C14H19NO2/c1-11(2)10-16-6-7-17-14-8-13(9-15)5-4-12(14)3/h4-5,8,11H,6-7,10H2,1-3H3. The van der Waals surface area contributed by atoms with E-state index in [-0.39, 0.29) is 0 Å². The lowest BCUT2D eigenvalue weighted by molar-refractivity contribution is 0.0817. The second-order valence-corrected chi connectivity index (χ2v) is 4.41. The Morgan fingerprint density at radius 3 is 2.71 bits per heavy atom. The van der Waals surface area contributed by atoms with Gasteiger partial charge in [-0.2, -0.15) is 5.26 Å². The first-order valence-corrected chi connectivity index (χ1v) is 5.84. The highest BCUT2D eigenvalue weighted by molar-refractivity contribution is 5.41. The zero-order chi connectivity index (χ0) is 12.7. The number of benzene rings is 1. The molecule has 0 spiro atoms. The van der Waals surface area contributed by atoms with E-state index < -0.39 is 0 Å². The maximum atomic E-state index is 8.79. The quantitative estimate of drug-likeness (QED) is 0.709. The van der Waals surface area contributed by atoms with Crippen molar-refractivity contribution in [1.29, 1.82) is 5.26 Å². The summed E-state index contributed by atoms with van der Waals surface area (Å²) in [7, 11) is 0. The molecule has 1 aromatic rings. The van der Waals surface area contributed by atoms with Crippen LogP contribution >= 0.6 is 0 Å². The summed E-state index contributed by atoms with van der Waals surface area (Å²) in [6.45, 7) is 8.03. The van der Waals surface area contributed by atoms with Gasteiger partial charge in [-0.1, -0.05) is 19.9 Å². The van der Waals surface area contributed by atoms with E-state index in [4.69, 9.17) is 14.7 Å². The Hall–Kier alpha value is -1.53. The van der Waals surface area contributed by atoms with Crippen molar-refractivity contribution in [2.45, 2.75) is 20.8 Å². The van der Waals surface area contributed by atoms with Gasteiger partial charge in [0.05, 0.1) is 18.2 Å². The molecule has 0 amide bonds. The van der Waals surface area contributed by atoms with Crippen molar-refractivity contribution >= 4 is 0 Å². The van der Waals surface area contributed by atoms with Crippen LogP contribution in [-0.2, 0) is 4.74 Å². The maximum Gasteiger partial charge on any atom is 0.123 e. The second kappa shape index (κ2) is 6.93. The van der Waals surface area contributed by atoms with Crippen molar-refractivity contribution in [1.82, 2.24) is 0 Å². The van der Waals surface area contributed by atoms with Gasteiger partial charge in [0, 0.05) is 6.61 Å². The Bertz CT molecular complexity index is 394. The first-order valence-electron chi connectivity index (χ1n) is 5.84. The first-order chi connectivity index (χ1) is 8.13. The normalized spacial score (nSPS) is 10.3. The summed E-state index contributed by atoms with van der Waals surface area (Å²) in [5.74, 6) is 1.30. The van der Waals surface area contributed by atoms with E-state index in [1.807, 2.05) is 13.0 Å². The van der Waals surface area contributed by atoms with Crippen molar-refractivity contribution < 1.29 is 9.47 Å². The van der Waals surface area contributed by atoms with Crippen LogP contribution in [-0.4, -0.2) is 19.8 Å². The summed E-state index contributed by atoms with van der Waals surface area (Å²) in [6, 6.07) is 7.54. The number of nitrogens with zero attached hydrogens (tertiary/aromatic N) is 1. The molecule has 3 nitrogen and oxygen atoms in total. The van der Waals surface area contributed by atoms with Crippen LogP contribution in [0.4, 0.5) is 0 Å². The topological polar surface area (TPSA) is 42.2 Å². The first kappa shape index (κ1) is 13.5. The molecule has 1 rings (SSSR count). The van der Waals surface area contributed by atoms with E-state index in [0.29, 0.717) is 24.7 Å². The molecule has 0 aliphatic heterocycles. The SMILES string of the molecule is Cc1ccc(C#N)cc1OCCOCC(C)C. The molecule has 0 aromatic heterocycles. The molecule has 0 unspecified atom stereocenters. The second-order valence-electron chi connectivity index (χ2n) is 4.41. The van der Waals surface area contributed by atoms with Crippen molar-refractivity contribution in [2.24, 2.45) is 5.92 Å². The number of rotatable bonds is 6. The fraction of sp³-hybridized carbons (Fsp3) is 0.500. The van der Waals surface area contributed by atoms with Gasteiger partial charge in [0.25, 0.3) is 0 Å². The fourth-order valence-corrected chi connectivity index (χ4v) is 1.35. The van der Waals surface area contributed by atoms with Crippen molar-refractivity contribution in [3.63, 3.8) is 0 Å². The van der Waals surface area contributed by atoms with E-state index in [1.165, 1.54) is 0 Å². The highest BCUT2D eigenvalue weighted by atomic mass is 16.5. The van der Waals surface area contributed by atoms with Crippen LogP contribution in [0.5, 0.6) is 5.75 Å². The zero-order valence-electron chi connectivity index (χ0n) is 10.7. The minimum Gasteiger partial charge on any atom is -0.491 e. The molecule has 0 saturated heterocycles. The highest BCUT2D eigenvalue weighted by Crippen LogP contribution is 2.18. The summed E-state index contributed by atoms with van der Waals surface area (Å²) in [6.07, 6.45) is 0. The van der Waals surface area contributed by atoms with Gasteiger partial charge in [-0.25, -0.2) is 0 Å². The molecule has 0 saturated carbocycles. The van der Waals surface area contributed by atoms with Gasteiger partial charge in [0.2, 0.25) is 0 Å². The van der Waals surface area contributed by atoms with Crippen LogP contribution in [0.2, 0.25) is 0 Å². The molecule has 0 aliphatic rings. The van der Waals surface area contributed by atoms with Crippen LogP contribution in [0.25, 0.3) is 0 Å². The third-order valence-corrected chi connectivity index (χ3v) is 2.25. The monoisotopic (exact) mass is 233 g/mol. The Labute approximate surface area is 103 Å². The summed E-state index contributed by atoms with van der Waals surface area (Å²) in [5.41, 5.74) is 1.65. The molecule has 1 aromatic carbocycles. The smallest absolute Gasteiger partial charge is 0.123 e. The number of nitriles is 1. The summed E-state index contributed by atoms with van der Waals surface area (Å²) in [4.78, 5) is 0. The van der Waals surface area contributed by atoms with E-state index in [0.717, 1.165) is 17.9 Å². The zero-order valence-corrected chi connectivity index (χ0v) is 10.7. The summed E-state index contributed by atoms with van der Waals surface area (Å²) >= 11 is 0. The van der Waals surface area contributed by atoms with Crippen LogP contribution in [0, 0.1) is 24.2 Å². The van der Waals surface area contributed by atoms with E-state index in [2.05, 4.69) is 19.9 Å². The highest BCUT2D eigenvalue weighted by Gasteiger charge is 2.01. The van der Waals surface area contributed by atoms with E-state index in [1.54, 1.807) is 12.1 Å². The average molecular weight is 233 g/mol. The van der Waals surface area contributed by atoms with Gasteiger partial charge in [0.15, 0.2) is 0 Å². The van der Waals surface area contributed by atoms with Crippen LogP contribution in [0.3, 0.4) is 0 Å². The third kappa shape index (κ3) is 4.88. The van der Waals surface area contributed by atoms with Crippen molar-refractivity contribution in [3.8, 4) is 11.8 Å². The summed E-state index contributed by atoms with van der Waals surface area (Å²) < 4.78 is 11.0. The van der Waals surface area contributed by atoms with Crippen LogP contribution < -0.4 is 4.74 Å². The molecule has 3 heteroatoms. The molecule has 0 N–H and O–H groups in total. The van der Waals surface area contributed by atoms with Gasteiger partial charge in [0.1, 0.15) is 12.4 Å². The third-order valence-electron chi connectivity index (χ3n) is 2.25. The predicted molar refractivity (Wildman–Crippen MR) is 67.0 cm³/mol. The fourth-order valence-electron chi connectivity index (χ4n) is 1.35. The number of aryl methyl sites for hydroxylation is 1. The maximum absolute atomic E-state index is 8.79. The number of hydrogen-bond acceptors (Lipinski definition) is 3. The molecule has 0 heterocycles. The minimum atomic E-state index is 0.516. The molecule has 92 valence electrons. The molecule has 0 atom stereocenters. The lowest BCUT2D eigenvalue weighted by atomic mass is 10.1. The average Bonchev–Trinajstić information content (AvgIpc) is 2.30. The number of ether oxygens (including phenoxy) is 2. The van der Waals surface area contributed by atoms with Crippen LogP contribution in [0.1, 0.15) is 25.0 Å². The molecule has 0 bridgehead atoms. The van der Waals surface area contributed by atoms with Crippen LogP contribution in [0.15, 0.2) is 18.2 Å².